The highest BCUT2D eigenvalue weighted by atomic mass is 19.4. The summed E-state index contributed by atoms with van der Waals surface area (Å²) in [6.07, 6.45) is 2.41. The van der Waals surface area contributed by atoms with E-state index >= 15 is 0 Å². The quantitative estimate of drug-likeness (QED) is 0.454. The van der Waals surface area contributed by atoms with Gasteiger partial charge in [-0.1, -0.05) is 61.7 Å². The van der Waals surface area contributed by atoms with Gasteiger partial charge in [0.15, 0.2) is 0 Å². The number of nitrogens with zero attached hydrogens (tertiary/aromatic N) is 2. The third kappa shape index (κ3) is 5.89. The smallest absolute Gasteiger partial charge is 0.302 e. The van der Waals surface area contributed by atoms with Gasteiger partial charge in [-0.3, -0.25) is 0 Å². The zero-order valence-corrected chi connectivity index (χ0v) is 18.2. The first kappa shape index (κ1) is 23.3. The molecule has 1 aliphatic carbocycles. The minimum atomic E-state index is -4.36. The fraction of sp³-hybridized carbons (Fsp3) is 0.500. The maximum Gasteiger partial charge on any atom is 0.416 e. The van der Waals surface area contributed by atoms with E-state index in [1.807, 2.05) is 18.2 Å². The van der Waals surface area contributed by atoms with Crippen molar-refractivity contribution in [2.45, 2.75) is 63.1 Å². The molecule has 0 heterocycles. The van der Waals surface area contributed by atoms with E-state index in [9.17, 15) is 18.4 Å². The molecular weight excluding hydrogens is 397 g/mol. The van der Waals surface area contributed by atoms with Crippen molar-refractivity contribution in [2.75, 3.05) is 13.6 Å². The van der Waals surface area contributed by atoms with E-state index in [1.165, 1.54) is 24.1 Å². The number of nitriles is 1. The molecule has 1 aliphatic rings. The van der Waals surface area contributed by atoms with Crippen molar-refractivity contribution >= 4 is 0 Å². The van der Waals surface area contributed by atoms with Crippen LogP contribution in [-0.2, 0) is 18.1 Å². The first-order chi connectivity index (χ1) is 14.8. The Bertz CT molecular complexity index is 849. The van der Waals surface area contributed by atoms with Crippen LogP contribution in [0.2, 0.25) is 0 Å². The lowest BCUT2D eigenvalue weighted by Gasteiger charge is -2.38. The Hall–Kier alpha value is -2.32. The van der Waals surface area contributed by atoms with E-state index in [4.69, 9.17) is 0 Å². The van der Waals surface area contributed by atoms with Gasteiger partial charge < -0.3 is 4.90 Å². The van der Waals surface area contributed by atoms with Crippen molar-refractivity contribution in [3.63, 3.8) is 0 Å². The molecule has 1 unspecified atom stereocenters. The molecule has 0 saturated heterocycles. The third-order valence-corrected chi connectivity index (χ3v) is 6.64. The van der Waals surface area contributed by atoms with Gasteiger partial charge in [0.2, 0.25) is 0 Å². The summed E-state index contributed by atoms with van der Waals surface area (Å²) >= 11 is 0. The topological polar surface area (TPSA) is 27.0 Å². The number of rotatable bonds is 8. The van der Waals surface area contributed by atoms with E-state index in [-0.39, 0.29) is 5.92 Å². The molecule has 31 heavy (non-hydrogen) atoms. The molecule has 2 nitrogen and oxygen atoms in total. The molecule has 2 aromatic rings. The van der Waals surface area contributed by atoms with Crippen molar-refractivity contribution in [2.24, 2.45) is 5.92 Å². The number of hydrogen-bond donors (Lipinski definition) is 0. The van der Waals surface area contributed by atoms with Crippen molar-refractivity contribution in [1.29, 1.82) is 5.26 Å². The van der Waals surface area contributed by atoms with Gasteiger partial charge in [0.25, 0.3) is 0 Å². The summed E-state index contributed by atoms with van der Waals surface area (Å²) in [4.78, 5) is 2.24. The maximum absolute atomic E-state index is 13.1. The highest BCUT2D eigenvalue weighted by molar-refractivity contribution is 5.37. The van der Waals surface area contributed by atoms with E-state index in [0.29, 0.717) is 6.42 Å². The van der Waals surface area contributed by atoms with Gasteiger partial charge >= 0.3 is 6.18 Å². The Labute approximate surface area is 183 Å². The van der Waals surface area contributed by atoms with Crippen molar-refractivity contribution in [3.8, 4) is 6.07 Å². The zero-order chi connectivity index (χ0) is 22.3. The molecule has 5 heteroatoms. The van der Waals surface area contributed by atoms with Crippen LogP contribution in [0.5, 0.6) is 0 Å². The Morgan fingerprint density at radius 1 is 0.935 bits per heavy atom. The minimum Gasteiger partial charge on any atom is -0.302 e. The molecule has 2 aromatic carbocycles. The van der Waals surface area contributed by atoms with Crippen LogP contribution in [0.3, 0.4) is 0 Å². The van der Waals surface area contributed by atoms with Crippen LogP contribution in [-0.4, -0.2) is 18.5 Å². The van der Waals surface area contributed by atoms with E-state index in [1.54, 1.807) is 0 Å². The fourth-order valence-electron chi connectivity index (χ4n) is 4.95. The monoisotopic (exact) mass is 428 g/mol. The Morgan fingerprint density at radius 2 is 1.55 bits per heavy atom. The Kier molecular flexibility index (Phi) is 7.78. The second-order valence-electron chi connectivity index (χ2n) is 8.82. The molecule has 0 radical (unpaired) electrons. The van der Waals surface area contributed by atoms with E-state index < -0.39 is 17.2 Å². The van der Waals surface area contributed by atoms with Gasteiger partial charge in [-0.15, -0.1) is 0 Å². The first-order valence-corrected chi connectivity index (χ1v) is 11.2. The molecule has 166 valence electrons. The highest BCUT2D eigenvalue weighted by Gasteiger charge is 2.41. The molecular formula is C26H31F3N2. The lowest BCUT2D eigenvalue weighted by Crippen LogP contribution is -2.36. The van der Waals surface area contributed by atoms with Gasteiger partial charge in [0, 0.05) is 6.54 Å². The second-order valence-corrected chi connectivity index (χ2v) is 8.82. The van der Waals surface area contributed by atoms with Crippen molar-refractivity contribution < 1.29 is 13.2 Å². The van der Waals surface area contributed by atoms with E-state index in [0.717, 1.165) is 62.9 Å². The predicted molar refractivity (Wildman–Crippen MR) is 117 cm³/mol. The minimum absolute atomic E-state index is 0.197. The molecule has 0 aromatic heterocycles. The lowest BCUT2D eigenvalue weighted by molar-refractivity contribution is -0.137. The largest absolute Gasteiger partial charge is 0.416 e. The summed E-state index contributed by atoms with van der Waals surface area (Å²) < 4.78 is 39.2. The predicted octanol–water partition coefficient (Wildman–Crippen LogP) is 6.96. The van der Waals surface area contributed by atoms with E-state index in [2.05, 4.69) is 30.1 Å². The number of halogens is 3. The average Bonchev–Trinajstić information content (AvgIpc) is 2.78. The molecule has 3 rings (SSSR count). The summed E-state index contributed by atoms with van der Waals surface area (Å²) in [5, 5.41) is 10.3. The zero-order valence-electron chi connectivity index (χ0n) is 18.2. The van der Waals surface area contributed by atoms with Crippen molar-refractivity contribution in [1.82, 2.24) is 4.90 Å². The van der Waals surface area contributed by atoms with Crippen LogP contribution >= 0.6 is 0 Å². The maximum atomic E-state index is 13.1. The molecule has 0 bridgehead atoms. The fourth-order valence-corrected chi connectivity index (χ4v) is 4.95. The van der Waals surface area contributed by atoms with Gasteiger partial charge in [-0.25, -0.2) is 0 Å². The summed E-state index contributed by atoms with van der Waals surface area (Å²) in [6, 6.07) is 18.2. The number of benzene rings is 2. The molecule has 0 amide bonds. The second kappa shape index (κ2) is 10.3. The Balaban J connectivity index is 1.75. The van der Waals surface area contributed by atoms with Crippen LogP contribution in [0.25, 0.3) is 0 Å². The normalized spacial score (nSPS) is 17.3. The first-order valence-electron chi connectivity index (χ1n) is 11.2. The van der Waals surface area contributed by atoms with Crippen LogP contribution in [0, 0.1) is 17.2 Å². The molecule has 1 saturated carbocycles. The molecule has 1 atom stereocenters. The number of hydrogen-bond acceptors (Lipinski definition) is 2. The molecule has 0 N–H and O–H groups in total. The average molecular weight is 429 g/mol. The molecule has 1 fully saturated rings. The molecule has 0 spiro atoms. The third-order valence-electron chi connectivity index (χ3n) is 6.64. The van der Waals surface area contributed by atoms with Gasteiger partial charge in [-0.05, 0) is 68.5 Å². The summed E-state index contributed by atoms with van der Waals surface area (Å²) in [6.45, 7) is 1.68. The lowest BCUT2D eigenvalue weighted by atomic mass is 9.63. The van der Waals surface area contributed by atoms with Crippen LogP contribution in [0.1, 0.15) is 61.6 Å². The van der Waals surface area contributed by atoms with Gasteiger partial charge in [-0.2, -0.15) is 18.4 Å². The summed E-state index contributed by atoms with van der Waals surface area (Å²) in [7, 11) is 2.07. The summed E-state index contributed by atoms with van der Waals surface area (Å²) in [5.41, 5.74) is 0.597. The van der Waals surface area contributed by atoms with Crippen LogP contribution in [0.4, 0.5) is 13.2 Å². The standard InChI is InChI=1S/C26H31F3N2/c1-31(19-21-9-4-2-5-10-21)18-8-17-25(20-30,22-11-6-3-7-12-22)23-13-15-24(16-14-23)26(27,28)29/h2,4-5,9-10,13-16,22H,3,6-8,11-12,17-19H2,1H3. The summed E-state index contributed by atoms with van der Waals surface area (Å²) in [5.74, 6) is 0.197. The molecule has 0 aliphatic heterocycles. The highest BCUT2D eigenvalue weighted by Crippen LogP contribution is 2.44. The Morgan fingerprint density at radius 3 is 2.13 bits per heavy atom. The van der Waals surface area contributed by atoms with Crippen LogP contribution in [0.15, 0.2) is 54.6 Å². The van der Waals surface area contributed by atoms with Crippen LogP contribution < -0.4 is 0 Å². The number of alkyl halides is 3. The van der Waals surface area contributed by atoms with Crippen molar-refractivity contribution in [3.05, 3.63) is 71.3 Å². The van der Waals surface area contributed by atoms with Gasteiger partial charge in [0.1, 0.15) is 0 Å². The van der Waals surface area contributed by atoms with Gasteiger partial charge in [0.05, 0.1) is 17.0 Å². The SMILES string of the molecule is CN(CCCC(C#N)(c1ccc(C(F)(F)F)cc1)C1CCCCC1)Cc1ccccc1.